The van der Waals surface area contributed by atoms with Crippen LogP contribution in [-0.4, -0.2) is 50.2 Å². The van der Waals surface area contributed by atoms with Crippen molar-refractivity contribution >= 4 is 10.9 Å². The highest BCUT2D eigenvalue weighted by atomic mass is 19.1. The summed E-state index contributed by atoms with van der Waals surface area (Å²) in [6, 6.07) is 8.37. The molecule has 0 radical (unpaired) electrons. The van der Waals surface area contributed by atoms with Gasteiger partial charge < -0.3 is 5.32 Å². The van der Waals surface area contributed by atoms with Crippen molar-refractivity contribution in [2.75, 3.05) is 13.1 Å². The lowest BCUT2D eigenvalue weighted by atomic mass is 10.1. The number of hydrogen-bond donors (Lipinski definition) is 2. The summed E-state index contributed by atoms with van der Waals surface area (Å²) in [5.74, 6) is 0. The van der Waals surface area contributed by atoms with E-state index in [9.17, 15) is 4.39 Å². The topological polar surface area (TPSA) is 61.8 Å². The van der Waals surface area contributed by atoms with Gasteiger partial charge in [-0.2, -0.15) is 10.2 Å². The van der Waals surface area contributed by atoms with Gasteiger partial charge in [0.1, 0.15) is 6.17 Å². The van der Waals surface area contributed by atoms with Crippen molar-refractivity contribution in [1.82, 2.24) is 30.2 Å². The first-order valence-corrected chi connectivity index (χ1v) is 8.67. The molecule has 3 aromatic rings. The van der Waals surface area contributed by atoms with Crippen molar-refractivity contribution in [3.8, 4) is 0 Å². The molecule has 7 heteroatoms. The van der Waals surface area contributed by atoms with Gasteiger partial charge in [0.2, 0.25) is 0 Å². The molecule has 0 spiro atoms. The maximum atomic E-state index is 14.0. The van der Waals surface area contributed by atoms with Crippen LogP contribution in [0.5, 0.6) is 0 Å². The number of fused-ring (bicyclic) bond motifs is 1. The summed E-state index contributed by atoms with van der Waals surface area (Å²) in [5, 5.41) is 16.0. The third kappa shape index (κ3) is 3.43. The molecule has 1 saturated heterocycles. The van der Waals surface area contributed by atoms with E-state index in [1.807, 2.05) is 36.1 Å². The second kappa shape index (κ2) is 6.93. The second-order valence-corrected chi connectivity index (χ2v) is 6.74. The molecule has 0 saturated carbocycles. The van der Waals surface area contributed by atoms with Crippen molar-refractivity contribution in [2.24, 2.45) is 7.05 Å². The van der Waals surface area contributed by atoms with E-state index in [0.717, 1.165) is 36.2 Å². The quantitative estimate of drug-likeness (QED) is 0.719. The number of alkyl halides is 1. The van der Waals surface area contributed by atoms with E-state index in [4.69, 9.17) is 0 Å². The normalized spacial score (nSPS) is 21.4. The molecule has 2 N–H and O–H groups in total. The average molecular weight is 342 g/mol. The molecule has 4 rings (SSSR count). The fourth-order valence-electron chi connectivity index (χ4n) is 3.64. The number of H-pyrrole nitrogens is 1. The molecule has 25 heavy (non-hydrogen) atoms. The predicted octanol–water partition coefficient (Wildman–Crippen LogP) is 2.00. The molecule has 1 aliphatic heterocycles. The summed E-state index contributed by atoms with van der Waals surface area (Å²) in [6.07, 6.45) is 3.45. The van der Waals surface area contributed by atoms with Gasteiger partial charge in [-0.1, -0.05) is 18.2 Å². The van der Waals surface area contributed by atoms with E-state index in [-0.39, 0.29) is 6.04 Å². The maximum absolute atomic E-state index is 14.0. The summed E-state index contributed by atoms with van der Waals surface area (Å²) in [6.45, 7) is 2.74. The summed E-state index contributed by atoms with van der Waals surface area (Å²) in [7, 11) is 1.93. The molecule has 0 aliphatic carbocycles. The van der Waals surface area contributed by atoms with E-state index in [2.05, 4.69) is 31.6 Å². The van der Waals surface area contributed by atoms with Gasteiger partial charge >= 0.3 is 0 Å². The van der Waals surface area contributed by atoms with E-state index in [0.29, 0.717) is 13.0 Å². The molecule has 2 aromatic heterocycles. The average Bonchev–Trinajstić information content (AvgIpc) is 3.30. The summed E-state index contributed by atoms with van der Waals surface area (Å²) < 4.78 is 15.8. The van der Waals surface area contributed by atoms with E-state index >= 15 is 0 Å². The van der Waals surface area contributed by atoms with Crippen molar-refractivity contribution in [2.45, 2.75) is 31.7 Å². The first-order chi connectivity index (χ1) is 12.2. The van der Waals surface area contributed by atoms with Gasteiger partial charge in [0.25, 0.3) is 0 Å². The summed E-state index contributed by atoms with van der Waals surface area (Å²) in [4.78, 5) is 2.21. The molecule has 6 nitrogen and oxygen atoms in total. The number of benzene rings is 1. The smallest absolute Gasteiger partial charge is 0.114 e. The van der Waals surface area contributed by atoms with Gasteiger partial charge in [0.05, 0.1) is 17.4 Å². The number of aryl methyl sites for hydroxylation is 1. The van der Waals surface area contributed by atoms with Gasteiger partial charge in [-0.05, 0) is 18.1 Å². The van der Waals surface area contributed by atoms with Crippen LogP contribution >= 0.6 is 0 Å². The number of aromatic amines is 1. The van der Waals surface area contributed by atoms with Crippen molar-refractivity contribution < 1.29 is 4.39 Å². The lowest BCUT2D eigenvalue weighted by Crippen LogP contribution is -2.37. The van der Waals surface area contributed by atoms with E-state index in [1.54, 1.807) is 6.20 Å². The van der Waals surface area contributed by atoms with Gasteiger partial charge in [0.15, 0.2) is 0 Å². The summed E-state index contributed by atoms with van der Waals surface area (Å²) in [5.41, 5.74) is 3.36. The summed E-state index contributed by atoms with van der Waals surface area (Å²) >= 11 is 0. The lowest BCUT2D eigenvalue weighted by Gasteiger charge is -2.24. The SMILES string of the molecule is Cn1nccc1CN1C[C@@H](F)C[C@H]1CNCc1cccc2cn[nH]c12. The Morgan fingerprint density at radius 2 is 2.28 bits per heavy atom. The first kappa shape index (κ1) is 16.2. The minimum atomic E-state index is -0.754. The first-order valence-electron chi connectivity index (χ1n) is 8.67. The highest BCUT2D eigenvalue weighted by molar-refractivity contribution is 5.81. The van der Waals surface area contributed by atoms with Crippen LogP contribution in [0.25, 0.3) is 10.9 Å². The minimum Gasteiger partial charge on any atom is -0.311 e. The number of likely N-dealkylation sites (tertiary alicyclic amines) is 1. The number of hydrogen-bond acceptors (Lipinski definition) is 4. The second-order valence-electron chi connectivity index (χ2n) is 6.74. The van der Waals surface area contributed by atoms with Gasteiger partial charge in [-0.25, -0.2) is 4.39 Å². The maximum Gasteiger partial charge on any atom is 0.114 e. The van der Waals surface area contributed by atoms with Crippen molar-refractivity contribution in [1.29, 1.82) is 0 Å². The minimum absolute atomic E-state index is 0.200. The lowest BCUT2D eigenvalue weighted by molar-refractivity contribution is 0.224. The van der Waals surface area contributed by atoms with Crippen LogP contribution in [0.2, 0.25) is 0 Å². The Kier molecular flexibility index (Phi) is 4.50. The zero-order chi connectivity index (χ0) is 17.2. The molecule has 132 valence electrons. The third-order valence-electron chi connectivity index (χ3n) is 5.02. The predicted molar refractivity (Wildman–Crippen MR) is 94.7 cm³/mol. The molecular weight excluding hydrogens is 319 g/mol. The fraction of sp³-hybridized carbons (Fsp3) is 0.444. The Labute approximate surface area is 146 Å². The Bertz CT molecular complexity index is 841. The Morgan fingerprint density at radius 3 is 3.12 bits per heavy atom. The molecule has 2 atom stereocenters. The van der Waals surface area contributed by atoms with Crippen LogP contribution in [-0.2, 0) is 20.1 Å². The van der Waals surface area contributed by atoms with E-state index < -0.39 is 6.17 Å². The number of halogens is 1. The standard InChI is InChI=1S/C18H23FN6/c1-24-16(5-6-22-24)12-25-11-15(19)7-17(25)10-20-8-13-3-2-4-14-9-21-23-18(13)14/h2-6,9,15,17,20H,7-8,10-12H2,1H3,(H,21,23)/t15-,17-/m0/s1. The highest BCUT2D eigenvalue weighted by Gasteiger charge is 2.32. The van der Waals surface area contributed by atoms with Crippen molar-refractivity contribution in [3.63, 3.8) is 0 Å². The number of nitrogens with zero attached hydrogens (tertiary/aromatic N) is 4. The van der Waals surface area contributed by atoms with Gasteiger partial charge in [-0.15, -0.1) is 0 Å². The molecule has 0 unspecified atom stereocenters. The van der Waals surface area contributed by atoms with Crippen LogP contribution in [0.1, 0.15) is 17.7 Å². The Morgan fingerprint density at radius 1 is 1.36 bits per heavy atom. The number of aromatic nitrogens is 4. The number of para-hydroxylation sites is 1. The van der Waals surface area contributed by atoms with Crippen LogP contribution in [0.4, 0.5) is 4.39 Å². The zero-order valence-corrected chi connectivity index (χ0v) is 14.3. The Hall–Kier alpha value is -2.25. The van der Waals surface area contributed by atoms with Crippen LogP contribution < -0.4 is 5.32 Å². The Balaban J connectivity index is 1.37. The van der Waals surface area contributed by atoms with Crippen LogP contribution in [0.15, 0.2) is 36.7 Å². The third-order valence-corrected chi connectivity index (χ3v) is 5.02. The fourth-order valence-corrected chi connectivity index (χ4v) is 3.64. The molecule has 0 amide bonds. The van der Waals surface area contributed by atoms with E-state index in [1.165, 1.54) is 5.56 Å². The van der Waals surface area contributed by atoms with Gasteiger partial charge in [0, 0.05) is 50.9 Å². The zero-order valence-electron chi connectivity index (χ0n) is 14.3. The molecule has 3 heterocycles. The monoisotopic (exact) mass is 342 g/mol. The molecule has 0 bridgehead atoms. The number of rotatable bonds is 6. The molecule has 1 aliphatic rings. The van der Waals surface area contributed by atoms with Gasteiger partial charge in [-0.3, -0.25) is 14.7 Å². The van der Waals surface area contributed by atoms with Crippen LogP contribution in [0.3, 0.4) is 0 Å². The number of nitrogens with one attached hydrogen (secondary N) is 2. The highest BCUT2D eigenvalue weighted by Crippen LogP contribution is 2.22. The molecule has 1 aromatic carbocycles. The van der Waals surface area contributed by atoms with Crippen molar-refractivity contribution in [3.05, 3.63) is 47.9 Å². The molecule has 1 fully saturated rings. The van der Waals surface area contributed by atoms with Crippen LogP contribution in [0, 0.1) is 0 Å². The molecular formula is C18H23FN6. The largest absolute Gasteiger partial charge is 0.311 e.